The number of nitrogens with one attached hydrogen (secondary N) is 1. The molecule has 0 aliphatic heterocycles. The molecule has 27 heavy (non-hydrogen) atoms. The van der Waals surface area contributed by atoms with E-state index in [1.807, 2.05) is 28.8 Å². The number of aromatic nitrogens is 3. The Morgan fingerprint density at radius 2 is 2.00 bits per heavy atom. The molecule has 0 bridgehead atoms. The Bertz CT molecular complexity index is 1000. The lowest BCUT2D eigenvalue weighted by Crippen LogP contribution is -2.25. The van der Waals surface area contributed by atoms with Gasteiger partial charge in [0.1, 0.15) is 16.9 Å². The number of nitrogens with zero attached hydrogens (tertiary/aromatic N) is 3. The summed E-state index contributed by atoms with van der Waals surface area (Å²) < 4.78 is 7.39. The first-order chi connectivity index (χ1) is 12.8. The van der Waals surface area contributed by atoms with Crippen LogP contribution in [0.1, 0.15) is 53.0 Å². The first-order valence-corrected chi connectivity index (χ1v) is 8.64. The van der Waals surface area contributed by atoms with E-state index in [2.05, 4.69) is 15.3 Å². The zero-order valence-electron chi connectivity index (χ0n) is 15.8. The van der Waals surface area contributed by atoms with Crippen LogP contribution >= 0.6 is 0 Å². The molecule has 0 saturated heterocycles. The van der Waals surface area contributed by atoms with E-state index in [1.165, 1.54) is 13.1 Å². The Morgan fingerprint density at radius 1 is 1.22 bits per heavy atom. The number of esters is 1. The van der Waals surface area contributed by atoms with Crippen LogP contribution in [0.3, 0.4) is 0 Å². The maximum atomic E-state index is 12.5. The average Bonchev–Trinajstić information content (AvgIpc) is 3.09. The molecule has 7 nitrogen and oxygen atoms in total. The number of carbonyl (C=O) groups excluding carboxylic acids is 2. The quantitative estimate of drug-likeness (QED) is 0.718. The predicted molar refractivity (Wildman–Crippen MR) is 101 cm³/mol. The van der Waals surface area contributed by atoms with Crippen LogP contribution in [0.5, 0.6) is 0 Å². The van der Waals surface area contributed by atoms with Crippen molar-refractivity contribution in [1.82, 2.24) is 19.7 Å². The summed E-state index contributed by atoms with van der Waals surface area (Å²) in [6.45, 7) is 5.39. The minimum Gasteiger partial charge on any atom is -0.456 e. The van der Waals surface area contributed by atoms with E-state index in [-0.39, 0.29) is 11.6 Å². The third-order valence-electron chi connectivity index (χ3n) is 3.85. The van der Waals surface area contributed by atoms with Gasteiger partial charge in [0.2, 0.25) is 0 Å². The largest absolute Gasteiger partial charge is 0.456 e. The molecular formula is C20H22N4O3. The second kappa shape index (κ2) is 7.19. The summed E-state index contributed by atoms with van der Waals surface area (Å²) in [5, 5.41) is 2.54. The van der Waals surface area contributed by atoms with Crippen LogP contribution in [0.25, 0.3) is 5.65 Å². The Kier molecular flexibility index (Phi) is 4.94. The summed E-state index contributed by atoms with van der Waals surface area (Å²) >= 11 is 0. The third kappa shape index (κ3) is 4.31. The molecule has 1 amide bonds. The second-order valence-electron chi connectivity index (χ2n) is 7.16. The smallest absolute Gasteiger partial charge is 0.338 e. The van der Waals surface area contributed by atoms with Gasteiger partial charge in [0.15, 0.2) is 0 Å². The van der Waals surface area contributed by atoms with Crippen molar-refractivity contribution in [3.63, 3.8) is 0 Å². The van der Waals surface area contributed by atoms with Crippen LogP contribution in [0, 0.1) is 0 Å². The Labute approximate surface area is 157 Å². The molecule has 3 heterocycles. The standard InChI is InChI=1S/C20H22N4O3/c1-20(2,3)27-19(26)13-10-14(23-16(11-13)18(25)21-4)12-15-6-5-7-17-22-8-9-24(15)17/h5-11H,12H2,1-4H3,(H,21,25). The lowest BCUT2D eigenvalue weighted by Gasteiger charge is -2.20. The van der Waals surface area contributed by atoms with E-state index in [0.29, 0.717) is 17.7 Å². The maximum Gasteiger partial charge on any atom is 0.338 e. The molecule has 0 aromatic carbocycles. The van der Waals surface area contributed by atoms with Crippen molar-refractivity contribution in [2.45, 2.75) is 32.8 Å². The van der Waals surface area contributed by atoms with E-state index in [0.717, 1.165) is 11.3 Å². The van der Waals surface area contributed by atoms with Gasteiger partial charge in [0.25, 0.3) is 5.91 Å². The lowest BCUT2D eigenvalue weighted by molar-refractivity contribution is 0.00692. The fourth-order valence-electron chi connectivity index (χ4n) is 2.71. The Hall–Kier alpha value is -3.22. The van der Waals surface area contributed by atoms with Crippen molar-refractivity contribution in [3.8, 4) is 0 Å². The van der Waals surface area contributed by atoms with Crippen LogP contribution in [0.15, 0.2) is 42.7 Å². The van der Waals surface area contributed by atoms with Gasteiger partial charge >= 0.3 is 5.97 Å². The van der Waals surface area contributed by atoms with Crippen molar-refractivity contribution in [2.24, 2.45) is 0 Å². The molecule has 140 valence electrons. The fraction of sp³-hybridized carbons (Fsp3) is 0.300. The first kappa shape index (κ1) is 18.6. The molecule has 0 saturated carbocycles. The van der Waals surface area contributed by atoms with Crippen LogP contribution in [0.2, 0.25) is 0 Å². The highest BCUT2D eigenvalue weighted by Gasteiger charge is 2.20. The SMILES string of the molecule is CNC(=O)c1cc(C(=O)OC(C)(C)C)cc(Cc2cccc3nccn23)n1. The topological polar surface area (TPSA) is 85.6 Å². The molecule has 0 radical (unpaired) electrons. The predicted octanol–water partition coefficient (Wildman–Crippen LogP) is 2.64. The van der Waals surface area contributed by atoms with Gasteiger partial charge in [-0.3, -0.25) is 4.79 Å². The Morgan fingerprint density at radius 3 is 2.70 bits per heavy atom. The maximum absolute atomic E-state index is 12.5. The molecule has 3 rings (SSSR count). The highest BCUT2D eigenvalue weighted by Crippen LogP contribution is 2.17. The van der Waals surface area contributed by atoms with Gasteiger partial charge in [-0.25, -0.2) is 14.8 Å². The molecule has 0 aliphatic carbocycles. The number of carbonyl (C=O) groups is 2. The van der Waals surface area contributed by atoms with Gasteiger partial charge < -0.3 is 14.5 Å². The summed E-state index contributed by atoms with van der Waals surface area (Å²) in [5.74, 6) is -0.848. The number of imidazole rings is 1. The summed E-state index contributed by atoms with van der Waals surface area (Å²) in [5.41, 5.74) is 2.21. The molecule has 1 N–H and O–H groups in total. The molecular weight excluding hydrogens is 344 g/mol. The average molecular weight is 366 g/mol. The highest BCUT2D eigenvalue weighted by molar-refractivity contribution is 5.96. The van der Waals surface area contributed by atoms with E-state index in [4.69, 9.17) is 4.74 Å². The molecule has 0 spiro atoms. The minimum atomic E-state index is -0.629. The number of fused-ring (bicyclic) bond motifs is 1. The number of hydrogen-bond donors (Lipinski definition) is 1. The number of rotatable bonds is 4. The lowest BCUT2D eigenvalue weighted by atomic mass is 10.1. The van der Waals surface area contributed by atoms with Crippen molar-refractivity contribution >= 4 is 17.5 Å². The van der Waals surface area contributed by atoms with Crippen molar-refractivity contribution in [2.75, 3.05) is 7.05 Å². The monoisotopic (exact) mass is 366 g/mol. The van der Waals surface area contributed by atoms with Gasteiger partial charge in [-0.2, -0.15) is 0 Å². The van der Waals surface area contributed by atoms with E-state index < -0.39 is 11.6 Å². The van der Waals surface area contributed by atoms with Crippen LogP contribution in [-0.4, -0.2) is 38.9 Å². The van der Waals surface area contributed by atoms with Crippen LogP contribution < -0.4 is 5.32 Å². The van der Waals surface area contributed by atoms with E-state index >= 15 is 0 Å². The van der Waals surface area contributed by atoms with Crippen molar-refractivity contribution in [1.29, 1.82) is 0 Å². The van der Waals surface area contributed by atoms with Crippen LogP contribution in [0.4, 0.5) is 0 Å². The summed E-state index contributed by atoms with van der Waals surface area (Å²) in [4.78, 5) is 33.3. The molecule has 0 unspecified atom stereocenters. The normalized spacial score (nSPS) is 11.4. The molecule has 0 atom stereocenters. The number of amides is 1. The third-order valence-corrected chi connectivity index (χ3v) is 3.85. The van der Waals surface area contributed by atoms with Crippen molar-refractivity contribution in [3.05, 3.63) is 65.4 Å². The van der Waals surface area contributed by atoms with Crippen molar-refractivity contribution < 1.29 is 14.3 Å². The van der Waals surface area contributed by atoms with Gasteiger partial charge in [0, 0.05) is 37.3 Å². The minimum absolute atomic E-state index is 0.175. The summed E-state index contributed by atoms with van der Waals surface area (Å²) in [6.07, 6.45) is 4.02. The molecule has 0 aliphatic rings. The molecule has 7 heteroatoms. The molecule has 3 aromatic heterocycles. The second-order valence-corrected chi connectivity index (χ2v) is 7.16. The number of hydrogen-bond acceptors (Lipinski definition) is 5. The first-order valence-electron chi connectivity index (χ1n) is 8.64. The zero-order valence-corrected chi connectivity index (χ0v) is 15.8. The zero-order chi connectivity index (χ0) is 19.6. The molecule has 0 fully saturated rings. The van der Waals surface area contributed by atoms with E-state index in [1.54, 1.807) is 33.0 Å². The van der Waals surface area contributed by atoms with Gasteiger partial charge in [0.05, 0.1) is 5.56 Å². The van der Waals surface area contributed by atoms with Gasteiger partial charge in [-0.05, 0) is 45.0 Å². The van der Waals surface area contributed by atoms with Gasteiger partial charge in [-0.1, -0.05) is 6.07 Å². The fourth-order valence-corrected chi connectivity index (χ4v) is 2.71. The number of ether oxygens (including phenoxy) is 1. The summed E-state index contributed by atoms with van der Waals surface area (Å²) in [6, 6.07) is 8.89. The number of pyridine rings is 2. The highest BCUT2D eigenvalue weighted by atomic mass is 16.6. The molecule has 3 aromatic rings. The van der Waals surface area contributed by atoms with Gasteiger partial charge in [-0.15, -0.1) is 0 Å². The summed E-state index contributed by atoms with van der Waals surface area (Å²) in [7, 11) is 1.52. The Balaban J connectivity index is 2.01. The van der Waals surface area contributed by atoms with E-state index in [9.17, 15) is 9.59 Å². The van der Waals surface area contributed by atoms with Crippen LogP contribution in [-0.2, 0) is 11.2 Å².